The van der Waals surface area contributed by atoms with Crippen molar-refractivity contribution in [3.05, 3.63) is 12.0 Å². The van der Waals surface area contributed by atoms with Gasteiger partial charge in [0, 0.05) is 13.1 Å². The van der Waals surface area contributed by atoms with Gasteiger partial charge in [-0.15, -0.1) is 0 Å². The van der Waals surface area contributed by atoms with E-state index in [1.54, 1.807) is 0 Å². The molecule has 4 nitrogen and oxygen atoms in total. The molecule has 1 aromatic rings. The number of aliphatic hydroxyl groups is 1. The molecule has 0 saturated carbocycles. The Morgan fingerprint density at radius 1 is 1.56 bits per heavy atom. The van der Waals surface area contributed by atoms with Crippen molar-refractivity contribution in [2.24, 2.45) is 11.3 Å². The fourth-order valence-corrected chi connectivity index (χ4v) is 2.16. The van der Waals surface area contributed by atoms with Crippen LogP contribution < -0.4 is 4.90 Å². The molecular weight excluding hydrogens is 204 g/mol. The molecule has 0 spiro atoms. The topological polar surface area (TPSA) is 49.5 Å². The fourth-order valence-electron chi connectivity index (χ4n) is 2.16. The highest BCUT2D eigenvalue weighted by Gasteiger charge is 2.33. The molecule has 1 saturated heterocycles. The Balaban J connectivity index is 2.03. The minimum absolute atomic E-state index is 0.0555. The molecule has 1 aliphatic heterocycles. The van der Waals surface area contributed by atoms with E-state index in [9.17, 15) is 0 Å². The first-order valence-corrected chi connectivity index (χ1v) is 5.81. The summed E-state index contributed by atoms with van der Waals surface area (Å²) < 4.78 is 5.36. The first-order valence-electron chi connectivity index (χ1n) is 5.81. The van der Waals surface area contributed by atoms with Gasteiger partial charge in [-0.2, -0.15) is 4.98 Å². The molecule has 1 N–H and O–H groups in total. The lowest BCUT2D eigenvalue weighted by molar-refractivity contribution is 0.263. The quantitative estimate of drug-likeness (QED) is 0.835. The number of nitrogens with zero attached hydrogens (tertiary/aromatic N) is 2. The molecule has 1 atom stereocenters. The number of aliphatic hydroxyl groups excluding tert-OH is 1. The largest absolute Gasteiger partial charge is 0.432 e. The molecule has 2 heterocycles. The van der Waals surface area contributed by atoms with Crippen molar-refractivity contribution in [1.82, 2.24) is 4.98 Å². The molecule has 2 rings (SSSR count). The van der Waals surface area contributed by atoms with Crippen molar-refractivity contribution in [1.29, 1.82) is 0 Å². The van der Waals surface area contributed by atoms with Crippen LogP contribution in [0.4, 0.5) is 6.01 Å². The minimum atomic E-state index is -0.0555. The number of hydrogen-bond donors (Lipinski definition) is 1. The van der Waals surface area contributed by atoms with E-state index >= 15 is 0 Å². The molecule has 0 amide bonds. The molecule has 90 valence electrons. The highest BCUT2D eigenvalue weighted by molar-refractivity contribution is 5.29. The lowest BCUT2D eigenvalue weighted by Crippen LogP contribution is -2.25. The summed E-state index contributed by atoms with van der Waals surface area (Å²) >= 11 is 0. The average Bonchev–Trinajstić information content (AvgIpc) is 2.85. The first-order chi connectivity index (χ1) is 7.50. The highest BCUT2D eigenvalue weighted by atomic mass is 16.4. The first kappa shape index (κ1) is 11.5. The Bertz CT molecular complexity index is 354. The van der Waals surface area contributed by atoms with Gasteiger partial charge < -0.3 is 14.4 Å². The second-order valence-electron chi connectivity index (χ2n) is 5.58. The molecule has 0 aliphatic carbocycles. The lowest BCUT2D eigenvalue weighted by Gasteiger charge is -2.26. The zero-order valence-corrected chi connectivity index (χ0v) is 10.2. The Labute approximate surface area is 96.3 Å². The normalized spacial score (nSPS) is 21.8. The van der Waals surface area contributed by atoms with Crippen LogP contribution in [0.25, 0.3) is 0 Å². The van der Waals surface area contributed by atoms with Gasteiger partial charge in [-0.1, -0.05) is 20.8 Å². The number of anilines is 1. The van der Waals surface area contributed by atoms with E-state index in [4.69, 9.17) is 9.52 Å². The van der Waals surface area contributed by atoms with Gasteiger partial charge in [0.2, 0.25) is 0 Å². The van der Waals surface area contributed by atoms with E-state index in [-0.39, 0.29) is 6.61 Å². The number of rotatable bonds is 2. The summed E-state index contributed by atoms with van der Waals surface area (Å²) in [5, 5.41) is 8.93. The van der Waals surface area contributed by atoms with Gasteiger partial charge in [0.05, 0.1) is 6.61 Å². The monoisotopic (exact) mass is 224 g/mol. The molecule has 0 aromatic carbocycles. The van der Waals surface area contributed by atoms with Crippen LogP contribution in [0.15, 0.2) is 10.7 Å². The molecular formula is C12H20N2O2. The van der Waals surface area contributed by atoms with E-state index in [2.05, 4.69) is 30.7 Å². The average molecular weight is 224 g/mol. The van der Waals surface area contributed by atoms with Crippen molar-refractivity contribution >= 4 is 6.01 Å². The third-order valence-electron chi connectivity index (χ3n) is 3.39. The summed E-state index contributed by atoms with van der Waals surface area (Å²) in [4.78, 5) is 6.40. The number of oxazole rings is 1. The summed E-state index contributed by atoms with van der Waals surface area (Å²) in [6.07, 6.45) is 2.71. The molecule has 1 aromatic heterocycles. The Hall–Kier alpha value is -1.03. The maximum Gasteiger partial charge on any atom is 0.297 e. The van der Waals surface area contributed by atoms with Crippen LogP contribution in [0.5, 0.6) is 0 Å². The predicted octanol–water partition coefficient (Wildman–Crippen LogP) is 2.04. The Morgan fingerprint density at radius 2 is 2.31 bits per heavy atom. The van der Waals surface area contributed by atoms with Crippen molar-refractivity contribution in [2.75, 3.05) is 18.0 Å². The zero-order valence-electron chi connectivity index (χ0n) is 10.2. The number of hydrogen-bond acceptors (Lipinski definition) is 4. The van der Waals surface area contributed by atoms with Gasteiger partial charge >= 0.3 is 0 Å². The van der Waals surface area contributed by atoms with Crippen LogP contribution >= 0.6 is 0 Å². The standard InChI is InChI=1S/C12H20N2O2/c1-12(2,3)9-4-5-14(6-9)11-13-10(7-15)8-16-11/h8-9,15H,4-7H2,1-3H3. The van der Waals surface area contributed by atoms with E-state index in [0.29, 0.717) is 23.0 Å². The van der Waals surface area contributed by atoms with Crippen LogP contribution in [0.1, 0.15) is 32.9 Å². The van der Waals surface area contributed by atoms with Crippen LogP contribution in [-0.4, -0.2) is 23.2 Å². The molecule has 1 unspecified atom stereocenters. The lowest BCUT2D eigenvalue weighted by atomic mass is 9.80. The SMILES string of the molecule is CC(C)(C)C1CCN(c2nc(CO)co2)C1. The van der Waals surface area contributed by atoms with E-state index in [1.165, 1.54) is 12.7 Å². The van der Waals surface area contributed by atoms with Gasteiger partial charge in [-0.3, -0.25) is 0 Å². The summed E-state index contributed by atoms with van der Waals surface area (Å²) in [6, 6.07) is 0.649. The molecule has 1 aliphatic rings. The highest BCUT2D eigenvalue weighted by Crippen LogP contribution is 2.35. The third kappa shape index (κ3) is 2.21. The molecule has 0 bridgehead atoms. The van der Waals surface area contributed by atoms with Gasteiger partial charge in [-0.25, -0.2) is 0 Å². The van der Waals surface area contributed by atoms with Gasteiger partial charge in [0.25, 0.3) is 6.01 Å². The smallest absolute Gasteiger partial charge is 0.297 e. The summed E-state index contributed by atoms with van der Waals surface area (Å²) in [6.45, 7) is 8.75. The van der Waals surface area contributed by atoms with Crippen LogP contribution in [0.3, 0.4) is 0 Å². The van der Waals surface area contributed by atoms with Gasteiger partial charge in [-0.05, 0) is 17.8 Å². The predicted molar refractivity (Wildman–Crippen MR) is 62.2 cm³/mol. The van der Waals surface area contributed by atoms with Gasteiger partial charge in [0.15, 0.2) is 0 Å². The van der Waals surface area contributed by atoms with Crippen molar-refractivity contribution < 1.29 is 9.52 Å². The van der Waals surface area contributed by atoms with Crippen molar-refractivity contribution in [2.45, 2.75) is 33.8 Å². The number of aromatic nitrogens is 1. The second-order valence-corrected chi connectivity index (χ2v) is 5.58. The van der Waals surface area contributed by atoms with Gasteiger partial charge in [0.1, 0.15) is 12.0 Å². The van der Waals surface area contributed by atoms with Crippen molar-refractivity contribution in [3.8, 4) is 0 Å². The minimum Gasteiger partial charge on any atom is -0.432 e. The van der Waals surface area contributed by atoms with E-state index in [0.717, 1.165) is 13.1 Å². The molecule has 0 radical (unpaired) electrons. The molecule has 1 fully saturated rings. The zero-order chi connectivity index (χ0) is 11.8. The van der Waals surface area contributed by atoms with E-state index < -0.39 is 0 Å². The van der Waals surface area contributed by atoms with Crippen LogP contribution in [0.2, 0.25) is 0 Å². The second kappa shape index (κ2) is 4.09. The maximum absolute atomic E-state index is 8.93. The summed E-state index contributed by atoms with van der Waals surface area (Å²) in [5.41, 5.74) is 0.940. The maximum atomic E-state index is 8.93. The van der Waals surface area contributed by atoms with Crippen LogP contribution in [-0.2, 0) is 6.61 Å². The Morgan fingerprint density at radius 3 is 2.81 bits per heavy atom. The summed E-state index contributed by atoms with van der Waals surface area (Å²) in [5.74, 6) is 0.678. The van der Waals surface area contributed by atoms with Crippen molar-refractivity contribution in [3.63, 3.8) is 0 Å². The Kier molecular flexibility index (Phi) is 2.93. The fraction of sp³-hybridized carbons (Fsp3) is 0.750. The van der Waals surface area contributed by atoms with E-state index in [1.807, 2.05) is 0 Å². The summed E-state index contributed by atoms with van der Waals surface area (Å²) in [7, 11) is 0. The molecule has 16 heavy (non-hydrogen) atoms. The third-order valence-corrected chi connectivity index (χ3v) is 3.39. The molecule has 4 heteroatoms. The van der Waals surface area contributed by atoms with Crippen LogP contribution in [0, 0.1) is 11.3 Å².